The molecule has 0 amide bonds. The first-order valence-corrected chi connectivity index (χ1v) is 6.46. The molecular weight excluding hydrogens is 207 g/mol. The summed E-state index contributed by atoms with van der Waals surface area (Å²) < 4.78 is 19.1. The van der Waals surface area contributed by atoms with Crippen LogP contribution in [0.4, 0.5) is 0 Å². The number of aromatic hydroxyl groups is 1. The van der Waals surface area contributed by atoms with Crippen LogP contribution in [-0.4, -0.2) is 24.1 Å². The van der Waals surface area contributed by atoms with Crippen LogP contribution in [0.5, 0.6) is 5.75 Å². The maximum atomic E-state index is 10.4. The fourth-order valence-electron chi connectivity index (χ4n) is 0.788. The Hall–Kier alpha value is -0.662. The van der Waals surface area contributed by atoms with E-state index in [1.165, 1.54) is 12.1 Å². The van der Waals surface area contributed by atoms with Gasteiger partial charge in [0.05, 0.1) is 0 Å². The molecule has 1 aromatic rings. The van der Waals surface area contributed by atoms with Gasteiger partial charge < -0.3 is 0 Å². The van der Waals surface area contributed by atoms with E-state index in [2.05, 4.69) is 0 Å². The molecule has 0 aromatic heterocycles. The summed E-state index contributed by atoms with van der Waals surface area (Å²) in [6.45, 7) is 0. The Morgan fingerprint density at radius 3 is 2.27 bits per heavy atom. The van der Waals surface area contributed by atoms with E-state index in [4.69, 9.17) is 9.20 Å². The Bertz CT molecular complexity index is 255. The van der Waals surface area contributed by atoms with Gasteiger partial charge in [0, 0.05) is 0 Å². The fourth-order valence-corrected chi connectivity index (χ4v) is 2.02. The van der Waals surface area contributed by atoms with Gasteiger partial charge in [-0.2, -0.15) is 0 Å². The van der Waals surface area contributed by atoms with Crippen LogP contribution < -0.4 is 0 Å². The third-order valence-corrected chi connectivity index (χ3v) is 2.78. The van der Waals surface area contributed by atoms with E-state index >= 15 is 0 Å². The molecule has 0 aliphatic carbocycles. The number of phenolic OH excluding ortho intramolecular Hbond substituents is 1. The zero-order valence-corrected chi connectivity index (χ0v) is 7.92. The predicted molar refractivity (Wildman–Crippen MR) is 41.9 cm³/mol. The molecule has 4 heteroatoms. The Kier molecular flexibility index (Phi) is 2.80. The summed E-state index contributed by atoms with van der Waals surface area (Å²) in [5.74, 6) is 0.180. The van der Waals surface area contributed by atoms with Crippen molar-refractivity contribution < 1.29 is 12.9 Å². The molecule has 0 aliphatic rings. The normalized spacial score (nSPS) is 12.8. The molecule has 0 aliphatic heterocycles. The second kappa shape index (κ2) is 3.65. The topological polar surface area (TPSA) is 57.5 Å². The van der Waals surface area contributed by atoms with E-state index in [0.717, 1.165) is 5.56 Å². The molecule has 0 heterocycles. The van der Waals surface area contributed by atoms with Gasteiger partial charge in [-0.25, -0.2) is 0 Å². The van der Waals surface area contributed by atoms with Crippen molar-refractivity contribution in [1.82, 2.24) is 0 Å². The summed E-state index contributed by atoms with van der Waals surface area (Å²) in [5, 5.41) is 9.11. The first-order valence-electron chi connectivity index (χ1n) is 3.18. The third-order valence-electron chi connectivity index (χ3n) is 1.29. The van der Waals surface area contributed by atoms with Crippen molar-refractivity contribution >= 4 is 14.9 Å². The van der Waals surface area contributed by atoms with Gasteiger partial charge in [-0.15, -0.1) is 0 Å². The van der Waals surface area contributed by atoms with Gasteiger partial charge in [0.25, 0.3) is 0 Å². The SMILES string of the molecule is O=[AsH](O)Cc1ccc(O)cc1. The van der Waals surface area contributed by atoms with Crippen molar-refractivity contribution in [2.45, 2.75) is 5.21 Å². The number of rotatable bonds is 2. The average Bonchev–Trinajstić information content (AvgIpc) is 1.93. The molecule has 0 fully saturated rings. The monoisotopic (exact) mass is 216 g/mol. The van der Waals surface area contributed by atoms with Crippen molar-refractivity contribution in [2.24, 2.45) is 0 Å². The zero-order chi connectivity index (χ0) is 8.27. The van der Waals surface area contributed by atoms with Crippen LogP contribution in [0.1, 0.15) is 5.56 Å². The molecule has 3 nitrogen and oxygen atoms in total. The van der Waals surface area contributed by atoms with E-state index in [-0.39, 0.29) is 11.0 Å². The van der Waals surface area contributed by atoms with Crippen LogP contribution in [0.25, 0.3) is 0 Å². The molecule has 1 rings (SSSR count). The first kappa shape index (κ1) is 8.44. The summed E-state index contributed by atoms with van der Waals surface area (Å²) in [5.41, 5.74) is 0.801. The van der Waals surface area contributed by atoms with Gasteiger partial charge in [0.1, 0.15) is 0 Å². The zero-order valence-electron chi connectivity index (χ0n) is 5.82. The van der Waals surface area contributed by atoms with Gasteiger partial charge in [-0.05, 0) is 0 Å². The molecule has 0 radical (unpaired) electrons. The van der Waals surface area contributed by atoms with E-state index in [1.807, 2.05) is 0 Å². The Morgan fingerprint density at radius 2 is 1.82 bits per heavy atom. The molecule has 0 spiro atoms. The molecule has 1 unspecified atom stereocenters. The van der Waals surface area contributed by atoms with Crippen LogP contribution in [0.2, 0.25) is 0 Å². The molecule has 1 atom stereocenters. The second-order valence-corrected chi connectivity index (χ2v) is 4.63. The van der Waals surface area contributed by atoms with E-state index in [0.29, 0.717) is 0 Å². The van der Waals surface area contributed by atoms with E-state index in [9.17, 15) is 3.74 Å². The van der Waals surface area contributed by atoms with Crippen molar-refractivity contribution in [3.63, 3.8) is 0 Å². The average molecular weight is 216 g/mol. The Balaban J connectivity index is 2.74. The van der Waals surface area contributed by atoms with Crippen molar-refractivity contribution in [3.8, 4) is 5.75 Å². The van der Waals surface area contributed by atoms with Crippen molar-refractivity contribution in [1.29, 1.82) is 0 Å². The summed E-state index contributed by atoms with van der Waals surface area (Å²) in [6, 6.07) is 6.32. The number of benzene rings is 1. The standard InChI is InChI=1S/C7H9AsO3/c9-7-3-1-6(2-4-7)5-8(10)11/h1-4,8-9H,5H2,(H,10,11). The molecule has 11 heavy (non-hydrogen) atoms. The van der Waals surface area contributed by atoms with E-state index < -0.39 is 14.9 Å². The van der Waals surface area contributed by atoms with Gasteiger partial charge >= 0.3 is 68.7 Å². The maximum absolute atomic E-state index is 10.4. The fraction of sp³-hybridized carbons (Fsp3) is 0.143. The summed E-state index contributed by atoms with van der Waals surface area (Å²) in [4.78, 5) is 0. The third kappa shape index (κ3) is 2.83. The molecular formula is C7H9AsO3. The number of hydrogen-bond donors (Lipinski definition) is 2. The van der Waals surface area contributed by atoms with Crippen molar-refractivity contribution in [3.05, 3.63) is 29.8 Å². The van der Waals surface area contributed by atoms with Gasteiger partial charge in [0.15, 0.2) is 0 Å². The molecule has 0 saturated carbocycles. The summed E-state index contributed by atoms with van der Waals surface area (Å²) in [6.07, 6.45) is 0. The van der Waals surface area contributed by atoms with Crippen LogP contribution in [0.3, 0.4) is 0 Å². The number of phenols is 1. The summed E-state index contributed by atoms with van der Waals surface area (Å²) >= 11 is -2.98. The van der Waals surface area contributed by atoms with Gasteiger partial charge in [-0.1, -0.05) is 0 Å². The Morgan fingerprint density at radius 1 is 1.27 bits per heavy atom. The first-order chi connectivity index (χ1) is 5.18. The van der Waals surface area contributed by atoms with Crippen molar-refractivity contribution in [2.75, 3.05) is 0 Å². The molecule has 0 bridgehead atoms. The number of hydrogen-bond acceptors (Lipinski definition) is 2. The molecule has 1 aromatic carbocycles. The van der Waals surface area contributed by atoms with Gasteiger partial charge in [0.2, 0.25) is 0 Å². The Labute approximate surface area is 69.1 Å². The second-order valence-electron chi connectivity index (χ2n) is 2.24. The molecule has 0 saturated heterocycles. The van der Waals surface area contributed by atoms with Crippen LogP contribution in [0.15, 0.2) is 24.3 Å². The molecule has 60 valence electrons. The minimum atomic E-state index is -2.98. The van der Waals surface area contributed by atoms with Gasteiger partial charge in [-0.3, -0.25) is 0 Å². The summed E-state index contributed by atoms with van der Waals surface area (Å²) in [7, 11) is 0. The van der Waals surface area contributed by atoms with Crippen LogP contribution >= 0.6 is 0 Å². The van der Waals surface area contributed by atoms with Crippen LogP contribution in [-0.2, 0) is 8.95 Å². The van der Waals surface area contributed by atoms with Crippen LogP contribution in [0, 0.1) is 0 Å². The predicted octanol–water partition coefficient (Wildman–Crippen LogP) is 0.117. The molecule has 2 N–H and O–H groups in total. The minimum absolute atomic E-state index is 0.180. The van der Waals surface area contributed by atoms with E-state index in [1.54, 1.807) is 12.1 Å². The quantitative estimate of drug-likeness (QED) is 0.690.